The number of piperidine rings is 3. The molecule has 29 heavy (non-hydrogen) atoms. The van der Waals surface area contributed by atoms with Gasteiger partial charge < -0.3 is 9.42 Å². The van der Waals surface area contributed by atoms with E-state index in [1.807, 2.05) is 0 Å². The van der Waals surface area contributed by atoms with Gasteiger partial charge in [0.05, 0.1) is 6.54 Å². The third kappa shape index (κ3) is 3.97. The Labute approximate surface area is 174 Å². The maximum absolute atomic E-state index is 13.0. The van der Waals surface area contributed by atoms with Crippen LogP contribution in [0.4, 0.5) is 0 Å². The van der Waals surface area contributed by atoms with E-state index < -0.39 is 0 Å². The highest BCUT2D eigenvalue weighted by molar-refractivity contribution is 5.78. The smallest absolute Gasteiger partial charge is 0.240 e. The van der Waals surface area contributed by atoms with Crippen LogP contribution in [-0.4, -0.2) is 51.0 Å². The summed E-state index contributed by atoms with van der Waals surface area (Å²) in [6.07, 6.45) is 13.3. The molecule has 5 rings (SSSR count). The molecular formula is C23H36N4O2. The molecule has 1 aromatic heterocycles. The van der Waals surface area contributed by atoms with Crippen LogP contribution in [0.15, 0.2) is 4.52 Å². The fraction of sp³-hybridized carbons (Fsp3) is 0.870. The Morgan fingerprint density at radius 3 is 2.69 bits per heavy atom. The number of amides is 1. The molecule has 4 heterocycles. The zero-order valence-corrected chi connectivity index (χ0v) is 17.9. The van der Waals surface area contributed by atoms with Gasteiger partial charge in [0.2, 0.25) is 11.8 Å². The summed E-state index contributed by atoms with van der Waals surface area (Å²) < 4.78 is 5.49. The van der Waals surface area contributed by atoms with Crippen molar-refractivity contribution in [3.63, 3.8) is 0 Å². The highest BCUT2D eigenvalue weighted by Gasteiger charge is 2.49. The van der Waals surface area contributed by atoms with Gasteiger partial charge in [-0.05, 0) is 43.4 Å². The van der Waals surface area contributed by atoms with Gasteiger partial charge in [-0.1, -0.05) is 44.2 Å². The summed E-state index contributed by atoms with van der Waals surface area (Å²) >= 11 is 0. The molecule has 4 fully saturated rings. The molecular weight excluding hydrogens is 364 g/mol. The van der Waals surface area contributed by atoms with Gasteiger partial charge in [-0.15, -0.1) is 0 Å². The quantitative estimate of drug-likeness (QED) is 0.752. The molecule has 4 atom stereocenters. The number of likely N-dealkylation sites (tertiary alicyclic amines) is 1. The molecule has 1 amide bonds. The number of hydrogen-bond acceptors (Lipinski definition) is 5. The molecule has 0 N–H and O–H groups in total. The molecule has 1 aliphatic carbocycles. The summed E-state index contributed by atoms with van der Waals surface area (Å²) in [6, 6.07) is 0.904. The lowest BCUT2D eigenvalue weighted by Crippen LogP contribution is -2.65. The normalized spacial score (nSPS) is 33.7. The second-order valence-electron chi connectivity index (χ2n) is 9.98. The van der Waals surface area contributed by atoms with Gasteiger partial charge in [0, 0.05) is 38.0 Å². The van der Waals surface area contributed by atoms with Crippen molar-refractivity contribution in [2.75, 3.05) is 13.1 Å². The minimum Gasteiger partial charge on any atom is -0.338 e. The lowest BCUT2D eigenvalue weighted by molar-refractivity contribution is -0.154. The molecule has 6 nitrogen and oxygen atoms in total. The Morgan fingerprint density at radius 1 is 1.07 bits per heavy atom. The topological polar surface area (TPSA) is 62.5 Å². The van der Waals surface area contributed by atoms with Crippen molar-refractivity contribution in [3.05, 3.63) is 11.7 Å². The molecule has 0 radical (unpaired) electrons. The van der Waals surface area contributed by atoms with E-state index in [0.29, 0.717) is 29.8 Å². The zero-order chi connectivity index (χ0) is 19.8. The molecule has 0 unspecified atom stereocenters. The van der Waals surface area contributed by atoms with Crippen LogP contribution >= 0.6 is 0 Å². The van der Waals surface area contributed by atoms with Crippen molar-refractivity contribution in [3.8, 4) is 0 Å². The summed E-state index contributed by atoms with van der Waals surface area (Å²) in [5.41, 5.74) is 0. The molecule has 4 aliphatic rings. The minimum atomic E-state index is 0.440. The van der Waals surface area contributed by atoms with E-state index in [-0.39, 0.29) is 0 Å². The standard InChI is InChI=1S/C23H36N4O2/c1-2-21-24-22(29-25-21)15-26-13-17-12-18(14-26)20(11-16-7-4-3-5-8-16)27-19(17)9-6-10-23(27)28/h16-20H,2-15H2,1H3/t17-,18+,19+,20+/m1/s1. The fourth-order valence-corrected chi connectivity index (χ4v) is 6.76. The highest BCUT2D eigenvalue weighted by atomic mass is 16.5. The van der Waals surface area contributed by atoms with Crippen LogP contribution in [0.2, 0.25) is 0 Å². The van der Waals surface area contributed by atoms with Gasteiger partial charge in [0.25, 0.3) is 0 Å². The van der Waals surface area contributed by atoms with Gasteiger partial charge in [0.1, 0.15) is 0 Å². The lowest BCUT2D eigenvalue weighted by Gasteiger charge is -2.57. The maximum Gasteiger partial charge on any atom is 0.240 e. The molecule has 6 heteroatoms. The molecule has 1 aromatic rings. The van der Waals surface area contributed by atoms with Crippen molar-refractivity contribution in [1.82, 2.24) is 19.9 Å². The van der Waals surface area contributed by atoms with Crippen molar-refractivity contribution in [1.29, 1.82) is 0 Å². The van der Waals surface area contributed by atoms with Gasteiger partial charge in [-0.2, -0.15) is 4.98 Å². The summed E-state index contributed by atoms with van der Waals surface area (Å²) in [6.45, 7) is 4.94. The Hall–Kier alpha value is -1.43. The van der Waals surface area contributed by atoms with E-state index in [4.69, 9.17) is 4.52 Å². The Balaban J connectivity index is 1.34. The van der Waals surface area contributed by atoms with Crippen molar-refractivity contribution in [2.45, 2.75) is 96.2 Å². The Kier molecular flexibility index (Phi) is 5.63. The number of aryl methyl sites for hydroxylation is 1. The first-order chi connectivity index (χ1) is 14.2. The van der Waals surface area contributed by atoms with Crippen molar-refractivity contribution < 1.29 is 9.32 Å². The number of rotatable bonds is 5. The first-order valence-electron chi connectivity index (χ1n) is 12.1. The van der Waals surface area contributed by atoms with Crippen LogP contribution in [-0.2, 0) is 17.8 Å². The Morgan fingerprint density at radius 2 is 1.90 bits per heavy atom. The summed E-state index contributed by atoms with van der Waals surface area (Å²) in [7, 11) is 0. The summed E-state index contributed by atoms with van der Waals surface area (Å²) in [5, 5.41) is 4.07. The monoisotopic (exact) mass is 400 g/mol. The average molecular weight is 401 g/mol. The van der Waals surface area contributed by atoms with Crippen LogP contribution in [0.25, 0.3) is 0 Å². The zero-order valence-electron chi connectivity index (χ0n) is 17.9. The number of aromatic nitrogens is 2. The van der Waals surface area contributed by atoms with Gasteiger partial charge in [-0.25, -0.2) is 0 Å². The van der Waals surface area contributed by atoms with E-state index in [1.165, 1.54) is 51.4 Å². The number of carbonyl (C=O) groups excluding carboxylic acids is 1. The third-order valence-corrected chi connectivity index (χ3v) is 8.06. The maximum atomic E-state index is 13.0. The predicted octanol–water partition coefficient (Wildman–Crippen LogP) is 3.80. The number of hydrogen-bond donors (Lipinski definition) is 0. The lowest BCUT2D eigenvalue weighted by atomic mass is 9.69. The molecule has 0 aromatic carbocycles. The Bertz CT molecular complexity index is 713. The third-order valence-electron chi connectivity index (χ3n) is 8.06. The van der Waals surface area contributed by atoms with E-state index in [0.717, 1.165) is 56.5 Å². The largest absolute Gasteiger partial charge is 0.338 e. The second kappa shape index (κ2) is 8.37. The van der Waals surface area contributed by atoms with Gasteiger partial charge in [0.15, 0.2) is 5.82 Å². The second-order valence-corrected chi connectivity index (χ2v) is 9.98. The van der Waals surface area contributed by atoms with Gasteiger partial charge in [-0.3, -0.25) is 9.69 Å². The molecule has 3 saturated heterocycles. The van der Waals surface area contributed by atoms with Crippen molar-refractivity contribution in [2.24, 2.45) is 17.8 Å². The van der Waals surface area contributed by atoms with E-state index >= 15 is 0 Å². The molecule has 3 aliphatic heterocycles. The molecule has 2 bridgehead atoms. The van der Waals surface area contributed by atoms with Crippen molar-refractivity contribution >= 4 is 5.91 Å². The fourth-order valence-electron chi connectivity index (χ4n) is 6.76. The average Bonchev–Trinajstić information content (AvgIpc) is 3.19. The highest BCUT2D eigenvalue weighted by Crippen LogP contribution is 2.44. The summed E-state index contributed by atoms with van der Waals surface area (Å²) in [4.78, 5) is 22.5. The van der Waals surface area contributed by atoms with Crippen LogP contribution in [0.3, 0.4) is 0 Å². The number of carbonyl (C=O) groups is 1. The van der Waals surface area contributed by atoms with E-state index in [9.17, 15) is 4.79 Å². The van der Waals surface area contributed by atoms with Crippen LogP contribution < -0.4 is 0 Å². The first kappa shape index (κ1) is 19.5. The minimum absolute atomic E-state index is 0.440. The summed E-state index contributed by atoms with van der Waals surface area (Å²) in [5.74, 6) is 4.02. The number of nitrogens with zero attached hydrogens (tertiary/aromatic N) is 4. The first-order valence-corrected chi connectivity index (χ1v) is 12.1. The van der Waals surface area contributed by atoms with Crippen LogP contribution in [0.1, 0.15) is 82.8 Å². The molecule has 1 saturated carbocycles. The molecule has 160 valence electrons. The molecule has 0 spiro atoms. The SMILES string of the molecule is CCc1noc(CN2C[C@H]3C[C@@H](C2)[C@H](CC2CCCCC2)N2C(=O)CCC[C@@H]32)n1. The van der Waals surface area contributed by atoms with Crippen LogP contribution in [0.5, 0.6) is 0 Å². The van der Waals surface area contributed by atoms with Gasteiger partial charge >= 0.3 is 0 Å². The van der Waals surface area contributed by atoms with E-state index in [2.05, 4.69) is 26.9 Å². The van der Waals surface area contributed by atoms with E-state index in [1.54, 1.807) is 0 Å². The number of fused-ring (bicyclic) bond motifs is 4. The van der Waals surface area contributed by atoms with Crippen LogP contribution in [0, 0.1) is 17.8 Å². The predicted molar refractivity (Wildman–Crippen MR) is 110 cm³/mol.